The van der Waals surface area contributed by atoms with Crippen molar-refractivity contribution in [2.75, 3.05) is 12.3 Å². The van der Waals surface area contributed by atoms with Gasteiger partial charge in [-0.05, 0) is 23.9 Å². The monoisotopic (exact) mass is 250 g/mol. The summed E-state index contributed by atoms with van der Waals surface area (Å²) in [5.74, 6) is 0.0111. The maximum atomic E-state index is 11.9. The average Bonchev–Trinajstić information content (AvgIpc) is 2.54. The SMILES string of the molecule is NC(=[NH2+])SCCN1C(=O)c2ccccc2C1=O. The number of nitrogens with two attached hydrogens (primary N) is 2. The number of fused-ring (bicyclic) bond motifs is 1. The summed E-state index contributed by atoms with van der Waals surface area (Å²) in [6.07, 6.45) is 0. The first kappa shape index (κ1) is 11.7. The van der Waals surface area contributed by atoms with E-state index in [2.05, 4.69) is 0 Å². The molecule has 0 atom stereocenters. The summed E-state index contributed by atoms with van der Waals surface area (Å²) >= 11 is 1.23. The van der Waals surface area contributed by atoms with E-state index in [0.29, 0.717) is 23.4 Å². The number of nitrogens with zero attached hydrogens (tertiary/aromatic N) is 1. The van der Waals surface area contributed by atoms with E-state index in [0.717, 1.165) is 0 Å². The highest BCUT2D eigenvalue weighted by Crippen LogP contribution is 2.22. The van der Waals surface area contributed by atoms with Crippen LogP contribution in [0, 0.1) is 0 Å². The molecule has 17 heavy (non-hydrogen) atoms. The first-order valence-electron chi connectivity index (χ1n) is 5.07. The second-order valence-electron chi connectivity index (χ2n) is 3.56. The molecule has 0 spiro atoms. The van der Waals surface area contributed by atoms with E-state index >= 15 is 0 Å². The summed E-state index contributed by atoms with van der Waals surface area (Å²) in [6, 6.07) is 6.81. The van der Waals surface area contributed by atoms with Crippen LogP contribution in [0.5, 0.6) is 0 Å². The third-order valence-electron chi connectivity index (χ3n) is 2.46. The molecule has 1 heterocycles. The second-order valence-corrected chi connectivity index (χ2v) is 4.73. The molecule has 2 rings (SSSR count). The zero-order valence-electron chi connectivity index (χ0n) is 9.05. The minimum atomic E-state index is -0.248. The zero-order chi connectivity index (χ0) is 12.4. The maximum Gasteiger partial charge on any atom is 0.299 e. The number of amidine groups is 1. The van der Waals surface area contributed by atoms with Crippen LogP contribution in [-0.4, -0.2) is 34.2 Å². The standard InChI is InChI=1S/C11H11N3O2S/c12-11(13)17-6-5-14-9(15)7-3-1-2-4-8(7)10(14)16/h1-4H,5-6H2,(H3,12,13)/p+1. The molecule has 0 bridgehead atoms. The first-order valence-corrected chi connectivity index (χ1v) is 6.05. The van der Waals surface area contributed by atoms with Crippen LogP contribution >= 0.6 is 11.8 Å². The van der Waals surface area contributed by atoms with Crippen molar-refractivity contribution in [2.24, 2.45) is 5.73 Å². The lowest BCUT2D eigenvalue weighted by Crippen LogP contribution is -2.44. The molecule has 1 aromatic rings. The van der Waals surface area contributed by atoms with E-state index in [-0.39, 0.29) is 17.0 Å². The van der Waals surface area contributed by atoms with E-state index in [1.807, 2.05) is 0 Å². The van der Waals surface area contributed by atoms with Crippen LogP contribution in [-0.2, 0) is 0 Å². The molecule has 0 saturated heterocycles. The first-order chi connectivity index (χ1) is 8.11. The molecule has 2 amide bonds. The van der Waals surface area contributed by atoms with Gasteiger partial charge in [-0.3, -0.25) is 25.6 Å². The molecule has 4 N–H and O–H groups in total. The highest BCUT2D eigenvalue weighted by molar-refractivity contribution is 8.13. The van der Waals surface area contributed by atoms with Crippen molar-refractivity contribution in [3.8, 4) is 0 Å². The van der Waals surface area contributed by atoms with E-state index in [9.17, 15) is 9.59 Å². The van der Waals surface area contributed by atoms with Crippen molar-refractivity contribution in [1.82, 2.24) is 4.90 Å². The van der Waals surface area contributed by atoms with Gasteiger partial charge in [0.1, 0.15) is 0 Å². The van der Waals surface area contributed by atoms with Gasteiger partial charge >= 0.3 is 0 Å². The van der Waals surface area contributed by atoms with Gasteiger partial charge in [-0.25, -0.2) is 0 Å². The molecule has 5 nitrogen and oxygen atoms in total. The molecule has 0 unspecified atom stereocenters. The number of amides is 2. The van der Waals surface area contributed by atoms with Crippen LogP contribution in [0.3, 0.4) is 0 Å². The smallest absolute Gasteiger partial charge is 0.282 e. The minimum absolute atomic E-state index is 0.238. The van der Waals surface area contributed by atoms with Gasteiger partial charge in [-0.15, -0.1) is 0 Å². The number of hydrogen-bond acceptors (Lipinski definition) is 3. The average molecular weight is 250 g/mol. The van der Waals surface area contributed by atoms with E-state index < -0.39 is 0 Å². The number of carbonyl (C=O) groups is 2. The van der Waals surface area contributed by atoms with Crippen molar-refractivity contribution in [3.05, 3.63) is 35.4 Å². The van der Waals surface area contributed by atoms with Crippen LogP contribution in [0.25, 0.3) is 0 Å². The molecule has 0 aromatic heterocycles. The van der Waals surface area contributed by atoms with Crippen LogP contribution in [0.15, 0.2) is 24.3 Å². The number of rotatable bonds is 3. The molecule has 0 fully saturated rings. The van der Waals surface area contributed by atoms with Crippen molar-refractivity contribution in [3.63, 3.8) is 0 Å². The Morgan fingerprint density at radius 3 is 2.24 bits per heavy atom. The molecule has 1 aliphatic heterocycles. The molecular formula is C11H12N3O2S+. The number of hydrogen-bond donors (Lipinski definition) is 2. The van der Waals surface area contributed by atoms with Gasteiger partial charge in [-0.1, -0.05) is 12.1 Å². The Morgan fingerprint density at radius 1 is 1.24 bits per heavy atom. The Morgan fingerprint density at radius 2 is 1.76 bits per heavy atom. The molecule has 0 saturated carbocycles. The largest absolute Gasteiger partial charge is 0.299 e. The maximum absolute atomic E-state index is 11.9. The van der Waals surface area contributed by atoms with Crippen LogP contribution in [0.2, 0.25) is 0 Å². The molecule has 0 radical (unpaired) electrons. The lowest BCUT2D eigenvalue weighted by atomic mass is 10.1. The van der Waals surface area contributed by atoms with Crippen molar-refractivity contribution < 1.29 is 15.0 Å². The Balaban J connectivity index is 2.11. The van der Waals surface area contributed by atoms with E-state index in [1.54, 1.807) is 24.3 Å². The topological polar surface area (TPSA) is 89.0 Å². The van der Waals surface area contributed by atoms with Crippen LogP contribution in [0.1, 0.15) is 20.7 Å². The summed E-state index contributed by atoms with van der Waals surface area (Å²) in [5.41, 5.74) is 6.23. The van der Waals surface area contributed by atoms with E-state index in [4.69, 9.17) is 11.1 Å². The predicted octanol–water partition coefficient (Wildman–Crippen LogP) is -0.910. The van der Waals surface area contributed by atoms with Crippen LogP contribution < -0.4 is 11.1 Å². The summed E-state index contributed by atoms with van der Waals surface area (Å²) in [5, 5.41) is 5.54. The fourth-order valence-corrected chi connectivity index (χ4v) is 2.21. The Bertz CT molecular complexity index is 466. The number of thioether (sulfide) groups is 1. The highest BCUT2D eigenvalue weighted by Gasteiger charge is 2.34. The van der Waals surface area contributed by atoms with Crippen molar-refractivity contribution in [2.45, 2.75) is 0 Å². The second kappa shape index (κ2) is 4.58. The molecule has 1 aromatic carbocycles. The third kappa shape index (κ3) is 2.16. The van der Waals surface area contributed by atoms with Gasteiger partial charge < -0.3 is 0 Å². The molecule has 6 heteroatoms. The normalized spacial score (nSPS) is 14.0. The van der Waals surface area contributed by atoms with E-state index in [1.165, 1.54) is 16.7 Å². The zero-order valence-corrected chi connectivity index (χ0v) is 9.87. The lowest BCUT2D eigenvalue weighted by molar-refractivity contribution is -0.110. The quantitative estimate of drug-likeness (QED) is 0.413. The summed E-state index contributed by atoms with van der Waals surface area (Å²) < 4.78 is 0. The highest BCUT2D eigenvalue weighted by atomic mass is 32.2. The van der Waals surface area contributed by atoms with Gasteiger partial charge in [0, 0.05) is 12.3 Å². The lowest BCUT2D eigenvalue weighted by Gasteiger charge is -2.11. The van der Waals surface area contributed by atoms with Crippen molar-refractivity contribution >= 4 is 28.7 Å². The fraction of sp³-hybridized carbons (Fsp3) is 0.182. The van der Waals surface area contributed by atoms with Gasteiger partial charge in [0.05, 0.1) is 11.1 Å². The number of carbonyl (C=O) groups excluding carboxylic acids is 2. The van der Waals surface area contributed by atoms with Gasteiger partial charge in [0.2, 0.25) is 0 Å². The van der Waals surface area contributed by atoms with Gasteiger partial charge in [0.25, 0.3) is 17.0 Å². The van der Waals surface area contributed by atoms with Crippen LogP contribution in [0.4, 0.5) is 0 Å². The Kier molecular flexibility index (Phi) is 3.14. The third-order valence-corrected chi connectivity index (χ3v) is 3.18. The molecule has 0 aliphatic carbocycles. The Labute approximate surface area is 102 Å². The number of benzene rings is 1. The molecule has 1 aliphatic rings. The van der Waals surface area contributed by atoms with Crippen molar-refractivity contribution in [1.29, 1.82) is 0 Å². The van der Waals surface area contributed by atoms with Gasteiger partial charge in [0.15, 0.2) is 0 Å². The molecule has 88 valence electrons. The fourth-order valence-electron chi connectivity index (χ4n) is 1.70. The molecular weight excluding hydrogens is 238 g/mol. The summed E-state index contributed by atoms with van der Waals surface area (Å²) in [7, 11) is 0. The summed E-state index contributed by atoms with van der Waals surface area (Å²) in [6.45, 7) is 0.314. The van der Waals surface area contributed by atoms with Gasteiger partial charge in [-0.2, -0.15) is 0 Å². The number of imide groups is 1. The Hall–Kier alpha value is -1.82. The summed E-state index contributed by atoms with van der Waals surface area (Å²) in [4.78, 5) is 25.0. The minimum Gasteiger partial charge on any atom is -0.282 e. The predicted molar refractivity (Wildman–Crippen MR) is 65.4 cm³/mol.